The van der Waals surface area contributed by atoms with Crippen molar-refractivity contribution in [3.05, 3.63) is 47.1 Å². The van der Waals surface area contributed by atoms with E-state index < -0.39 is 0 Å². The molecule has 2 heterocycles. The zero-order valence-electron chi connectivity index (χ0n) is 7.81. The minimum atomic E-state index is 0.737. The Labute approximate surface area is 91.2 Å². The van der Waals surface area contributed by atoms with E-state index in [4.69, 9.17) is 16.6 Å². The molecule has 0 atom stereocenters. The molecule has 0 aliphatic rings. The van der Waals surface area contributed by atoms with Crippen LogP contribution in [0.4, 0.5) is 0 Å². The predicted octanol–water partition coefficient (Wildman–Crippen LogP) is 3.71. The van der Waals surface area contributed by atoms with Crippen molar-refractivity contribution in [1.82, 2.24) is 4.98 Å². The van der Waals surface area contributed by atoms with E-state index in [2.05, 4.69) is 4.98 Å². The molecule has 1 aromatic carbocycles. The van der Waals surface area contributed by atoms with E-state index in [1.807, 2.05) is 36.4 Å². The van der Waals surface area contributed by atoms with Crippen molar-refractivity contribution >= 4 is 34.3 Å². The van der Waals surface area contributed by atoms with Crippen molar-refractivity contribution in [2.75, 3.05) is 0 Å². The standard InChI is InChI=1S/C12H7NOS/c15-12-8-4-1-2-5-9(8)14-10-6-3-7-13-11(10)12/h1-7H. The molecule has 0 radical (unpaired) electrons. The highest BCUT2D eigenvalue weighted by Gasteiger charge is 2.03. The Balaban J connectivity index is 2.66. The lowest BCUT2D eigenvalue weighted by Crippen LogP contribution is -1.81. The first-order chi connectivity index (χ1) is 7.36. The van der Waals surface area contributed by atoms with E-state index in [1.54, 1.807) is 6.20 Å². The van der Waals surface area contributed by atoms with E-state index in [9.17, 15) is 0 Å². The average Bonchev–Trinajstić information content (AvgIpc) is 2.30. The molecule has 0 aliphatic heterocycles. The van der Waals surface area contributed by atoms with Crippen LogP contribution < -0.4 is 0 Å². The summed E-state index contributed by atoms with van der Waals surface area (Å²) >= 11 is 5.37. The van der Waals surface area contributed by atoms with Gasteiger partial charge < -0.3 is 4.42 Å². The fourth-order valence-electron chi connectivity index (χ4n) is 1.63. The topological polar surface area (TPSA) is 26.0 Å². The summed E-state index contributed by atoms with van der Waals surface area (Å²) in [7, 11) is 0. The number of pyridine rings is 1. The summed E-state index contributed by atoms with van der Waals surface area (Å²) in [4.78, 5) is 4.23. The maximum atomic E-state index is 5.70. The average molecular weight is 213 g/mol. The third-order valence-corrected chi connectivity index (χ3v) is 2.75. The van der Waals surface area contributed by atoms with Crippen LogP contribution in [0.3, 0.4) is 0 Å². The van der Waals surface area contributed by atoms with Gasteiger partial charge in [0.2, 0.25) is 0 Å². The van der Waals surface area contributed by atoms with Crippen LogP contribution >= 0.6 is 12.2 Å². The molecule has 2 nitrogen and oxygen atoms in total. The fraction of sp³-hybridized carbons (Fsp3) is 0. The maximum absolute atomic E-state index is 5.70. The second-order valence-electron chi connectivity index (χ2n) is 3.28. The van der Waals surface area contributed by atoms with E-state index in [-0.39, 0.29) is 0 Å². The van der Waals surface area contributed by atoms with E-state index in [1.165, 1.54) is 0 Å². The zero-order valence-corrected chi connectivity index (χ0v) is 8.62. The van der Waals surface area contributed by atoms with Crippen molar-refractivity contribution < 1.29 is 4.42 Å². The second-order valence-corrected chi connectivity index (χ2v) is 3.69. The minimum absolute atomic E-state index is 0.737. The molecular weight excluding hydrogens is 206 g/mol. The zero-order chi connectivity index (χ0) is 10.3. The molecular formula is C12H7NOS. The van der Waals surface area contributed by atoms with Crippen molar-refractivity contribution in [3.63, 3.8) is 0 Å². The number of aromatic nitrogens is 1. The minimum Gasteiger partial charge on any atom is -0.454 e. The molecule has 3 rings (SSSR count). The second kappa shape index (κ2) is 3.14. The number of fused-ring (bicyclic) bond motifs is 2. The summed E-state index contributed by atoms with van der Waals surface area (Å²) < 4.78 is 6.45. The highest BCUT2D eigenvalue weighted by Crippen LogP contribution is 2.22. The lowest BCUT2D eigenvalue weighted by Gasteiger charge is -2.00. The molecule has 0 saturated heterocycles. The maximum Gasteiger partial charge on any atom is 0.154 e. The molecule has 3 heteroatoms. The number of benzene rings is 1. The van der Waals surface area contributed by atoms with Crippen molar-refractivity contribution in [3.8, 4) is 0 Å². The largest absolute Gasteiger partial charge is 0.454 e. The van der Waals surface area contributed by atoms with Crippen LogP contribution in [0.25, 0.3) is 22.1 Å². The summed E-state index contributed by atoms with van der Waals surface area (Å²) in [6.07, 6.45) is 1.72. The van der Waals surface area contributed by atoms with Gasteiger partial charge in [-0.15, -0.1) is 0 Å². The van der Waals surface area contributed by atoms with Crippen molar-refractivity contribution in [2.24, 2.45) is 0 Å². The molecule has 0 saturated carbocycles. The summed E-state index contributed by atoms with van der Waals surface area (Å²) in [5, 5.41) is 0.943. The Morgan fingerprint density at radius 1 is 1.00 bits per heavy atom. The summed E-state index contributed by atoms with van der Waals surface area (Å²) in [6, 6.07) is 11.5. The first-order valence-electron chi connectivity index (χ1n) is 4.63. The highest BCUT2D eigenvalue weighted by molar-refractivity contribution is 7.72. The molecule has 0 bridgehead atoms. The quantitative estimate of drug-likeness (QED) is 0.420. The van der Waals surface area contributed by atoms with Crippen molar-refractivity contribution in [2.45, 2.75) is 0 Å². The fourth-order valence-corrected chi connectivity index (χ4v) is 1.95. The third-order valence-electron chi connectivity index (χ3n) is 2.34. The van der Waals surface area contributed by atoms with Crippen LogP contribution in [0, 0.1) is 4.51 Å². The van der Waals surface area contributed by atoms with Crippen molar-refractivity contribution in [1.29, 1.82) is 0 Å². The molecule has 0 spiro atoms. The first-order valence-corrected chi connectivity index (χ1v) is 5.04. The Morgan fingerprint density at radius 3 is 2.73 bits per heavy atom. The number of hydrogen-bond acceptors (Lipinski definition) is 3. The SMILES string of the molecule is S=c1c2ccccc2oc2cccnc12. The molecule has 3 aromatic rings. The van der Waals surface area contributed by atoms with Crippen LogP contribution in [0.2, 0.25) is 0 Å². The third kappa shape index (κ3) is 1.24. The number of nitrogens with zero attached hydrogens (tertiary/aromatic N) is 1. The monoisotopic (exact) mass is 213 g/mol. The number of hydrogen-bond donors (Lipinski definition) is 0. The van der Waals surface area contributed by atoms with Crippen LogP contribution in [-0.2, 0) is 0 Å². The number of para-hydroxylation sites is 1. The van der Waals surface area contributed by atoms with Gasteiger partial charge in [-0.3, -0.25) is 4.98 Å². The van der Waals surface area contributed by atoms with E-state index in [0.29, 0.717) is 0 Å². The van der Waals surface area contributed by atoms with E-state index >= 15 is 0 Å². The van der Waals surface area contributed by atoms with Crippen LogP contribution in [0.1, 0.15) is 0 Å². The van der Waals surface area contributed by atoms with Gasteiger partial charge in [-0.05, 0) is 24.3 Å². The van der Waals surface area contributed by atoms with Gasteiger partial charge in [0.25, 0.3) is 0 Å². The van der Waals surface area contributed by atoms with Crippen LogP contribution in [0.5, 0.6) is 0 Å². The predicted molar refractivity (Wildman–Crippen MR) is 62.3 cm³/mol. The lowest BCUT2D eigenvalue weighted by molar-refractivity contribution is 0.659. The molecule has 0 amide bonds. The van der Waals surface area contributed by atoms with Crippen LogP contribution in [-0.4, -0.2) is 4.98 Å². The molecule has 0 N–H and O–H groups in total. The van der Waals surface area contributed by atoms with Gasteiger partial charge in [-0.1, -0.05) is 24.4 Å². The van der Waals surface area contributed by atoms with Gasteiger partial charge in [-0.2, -0.15) is 0 Å². The molecule has 0 aliphatic carbocycles. The van der Waals surface area contributed by atoms with Crippen LogP contribution in [0.15, 0.2) is 47.0 Å². The number of rotatable bonds is 0. The summed E-state index contributed by atoms with van der Waals surface area (Å²) in [6.45, 7) is 0. The van der Waals surface area contributed by atoms with Gasteiger partial charge in [0, 0.05) is 11.6 Å². The van der Waals surface area contributed by atoms with Gasteiger partial charge in [0.05, 0.1) is 4.51 Å². The van der Waals surface area contributed by atoms with Gasteiger partial charge in [-0.25, -0.2) is 0 Å². The lowest BCUT2D eigenvalue weighted by atomic mass is 10.2. The molecule has 2 aromatic heterocycles. The Kier molecular flexibility index (Phi) is 1.79. The molecule has 0 unspecified atom stereocenters. The summed E-state index contributed by atoms with van der Waals surface area (Å²) in [5.41, 5.74) is 2.30. The Hall–Kier alpha value is -1.74. The van der Waals surface area contributed by atoms with Gasteiger partial charge in [0.15, 0.2) is 5.58 Å². The smallest absolute Gasteiger partial charge is 0.154 e. The highest BCUT2D eigenvalue weighted by atomic mass is 32.1. The van der Waals surface area contributed by atoms with Gasteiger partial charge >= 0.3 is 0 Å². The Bertz CT molecular complexity index is 645. The van der Waals surface area contributed by atoms with E-state index in [0.717, 1.165) is 26.6 Å². The Morgan fingerprint density at radius 2 is 1.80 bits per heavy atom. The molecule has 0 fully saturated rings. The first kappa shape index (κ1) is 8.56. The molecule has 72 valence electrons. The normalized spacial score (nSPS) is 10.9. The van der Waals surface area contributed by atoms with Gasteiger partial charge in [0.1, 0.15) is 11.1 Å². The molecule has 15 heavy (non-hydrogen) atoms. The summed E-state index contributed by atoms with van der Waals surface area (Å²) in [5.74, 6) is 0.